The van der Waals surface area contributed by atoms with E-state index in [1.54, 1.807) is 0 Å². The van der Waals surface area contributed by atoms with Crippen LogP contribution >= 0.6 is 0 Å². The molecule has 0 unspecified atom stereocenters. The van der Waals surface area contributed by atoms with E-state index in [2.05, 4.69) is 14.7 Å². The van der Waals surface area contributed by atoms with Gasteiger partial charge in [0.15, 0.2) is 11.6 Å². The summed E-state index contributed by atoms with van der Waals surface area (Å²) >= 11 is 0. The van der Waals surface area contributed by atoms with Crippen molar-refractivity contribution in [2.75, 3.05) is 13.7 Å². The number of ether oxygens (including phenoxy) is 1. The number of rotatable bonds is 6. The standard InChI is InChI=1S/C18H19FN4O3S/c1-26-17-7-6-13(10-15(17)19)27(24,25)23-18(20)21-9-8-12-11-22-16-5-3-2-4-14(12)16/h2-7,10-11,22H,8-9H2,1H3,(H3,20,21,23). The number of para-hydroxylation sites is 1. The maximum atomic E-state index is 13.7. The zero-order valence-corrected chi connectivity index (χ0v) is 15.4. The number of fused-ring (bicyclic) bond motifs is 1. The first-order chi connectivity index (χ1) is 12.9. The fourth-order valence-corrected chi connectivity index (χ4v) is 3.64. The van der Waals surface area contributed by atoms with Crippen molar-refractivity contribution in [2.45, 2.75) is 11.3 Å². The molecule has 9 heteroatoms. The smallest absolute Gasteiger partial charge is 0.264 e. The van der Waals surface area contributed by atoms with Crippen LogP contribution in [0, 0.1) is 5.82 Å². The Bertz CT molecular complexity index is 1090. The number of halogens is 1. The van der Waals surface area contributed by atoms with Crippen molar-refractivity contribution in [3.05, 3.63) is 60.0 Å². The molecule has 0 amide bonds. The second-order valence-corrected chi connectivity index (χ2v) is 7.46. The van der Waals surface area contributed by atoms with Gasteiger partial charge in [-0.25, -0.2) is 17.5 Å². The molecule has 4 N–H and O–H groups in total. The lowest BCUT2D eigenvalue weighted by Crippen LogP contribution is -2.37. The molecule has 0 aliphatic heterocycles. The van der Waals surface area contributed by atoms with Gasteiger partial charge in [-0.3, -0.25) is 4.99 Å². The van der Waals surface area contributed by atoms with Crippen molar-refractivity contribution >= 4 is 26.9 Å². The fraction of sp³-hybridized carbons (Fsp3) is 0.167. The summed E-state index contributed by atoms with van der Waals surface area (Å²) in [6.45, 7) is 0.299. The number of nitrogens with one attached hydrogen (secondary N) is 2. The molecule has 27 heavy (non-hydrogen) atoms. The van der Waals surface area contributed by atoms with Crippen LogP contribution in [-0.2, 0) is 16.4 Å². The van der Waals surface area contributed by atoms with E-state index in [9.17, 15) is 12.8 Å². The predicted molar refractivity (Wildman–Crippen MR) is 102 cm³/mol. The zero-order valence-electron chi connectivity index (χ0n) is 14.6. The van der Waals surface area contributed by atoms with Gasteiger partial charge in [0.2, 0.25) is 5.96 Å². The molecule has 3 rings (SSSR count). The Labute approximate surface area is 156 Å². The topological polar surface area (TPSA) is 110 Å². The Morgan fingerprint density at radius 1 is 1.30 bits per heavy atom. The third kappa shape index (κ3) is 4.20. The number of benzene rings is 2. The van der Waals surface area contributed by atoms with Gasteiger partial charge < -0.3 is 15.5 Å². The molecule has 142 valence electrons. The van der Waals surface area contributed by atoms with Crippen LogP contribution in [0.3, 0.4) is 0 Å². The lowest BCUT2D eigenvalue weighted by atomic mass is 10.1. The Morgan fingerprint density at radius 2 is 2.07 bits per heavy atom. The summed E-state index contributed by atoms with van der Waals surface area (Å²) in [5.74, 6) is -1.09. The van der Waals surface area contributed by atoms with Crippen molar-refractivity contribution in [3.8, 4) is 5.75 Å². The minimum absolute atomic E-state index is 0.0469. The zero-order chi connectivity index (χ0) is 19.4. The van der Waals surface area contributed by atoms with Gasteiger partial charge in [-0.1, -0.05) is 18.2 Å². The molecular formula is C18H19FN4O3S. The highest BCUT2D eigenvalue weighted by Crippen LogP contribution is 2.20. The first kappa shape index (κ1) is 18.7. The van der Waals surface area contributed by atoms with E-state index < -0.39 is 15.8 Å². The van der Waals surface area contributed by atoms with Crippen LogP contribution in [-0.4, -0.2) is 33.0 Å². The van der Waals surface area contributed by atoms with Gasteiger partial charge in [0.1, 0.15) is 0 Å². The van der Waals surface area contributed by atoms with Crippen molar-refractivity contribution < 1.29 is 17.5 Å². The van der Waals surface area contributed by atoms with E-state index in [1.807, 2.05) is 30.5 Å². The normalized spacial score (nSPS) is 12.3. The summed E-state index contributed by atoms with van der Waals surface area (Å²) in [5, 5.41) is 1.08. The molecular weight excluding hydrogens is 371 g/mol. The highest BCUT2D eigenvalue weighted by molar-refractivity contribution is 7.90. The van der Waals surface area contributed by atoms with Crippen molar-refractivity contribution in [1.29, 1.82) is 0 Å². The molecule has 1 heterocycles. The number of aliphatic imine (C=N–C) groups is 1. The number of sulfonamides is 1. The maximum absolute atomic E-state index is 13.7. The van der Waals surface area contributed by atoms with Gasteiger partial charge in [0.05, 0.1) is 12.0 Å². The van der Waals surface area contributed by atoms with E-state index in [-0.39, 0.29) is 16.6 Å². The van der Waals surface area contributed by atoms with Crippen LogP contribution in [0.15, 0.2) is 58.5 Å². The summed E-state index contributed by atoms with van der Waals surface area (Å²) in [4.78, 5) is 6.94. The summed E-state index contributed by atoms with van der Waals surface area (Å²) < 4.78 is 45.2. The predicted octanol–water partition coefficient (Wildman–Crippen LogP) is 2.15. The van der Waals surface area contributed by atoms with Gasteiger partial charge in [-0.2, -0.15) is 0 Å². The van der Waals surface area contributed by atoms with E-state index in [1.165, 1.54) is 19.2 Å². The monoisotopic (exact) mass is 390 g/mol. The number of methoxy groups -OCH3 is 1. The average molecular weight is 390 g/mol. The van der Waals surface area contributed by atoms with Crippen molar-refractivity contribution in [1.82, 2.24) is 9.71 Å². The molecule has 0 atom stereocenters. The summed E-state index contributed by atoms with van der Waals surface area (Å²) in [7, 11) is -2.74. The molecule has 0 saturated heterocycles. The minimum atomic E-state index is -4.03. The average Bonchev–Trinajstić information content (AvgIpc) is 3.04. The lowest BCUT2D eigenvalue weighted by molar-refractivity contribution is 0.385. The highest BCUT2D eigenvalue weighted by atomic mass is 32.2. The largest absolute Gasteiger partial charge is 0.494 e. The molecule has 0 spiro atoms. The third-order valence-electron chi connectivity index (χ3n) is 4.01. The number of aromatic nitrogens is 1. The van der Waals surface area contributed by atoms with Crippen LogP contribution in [0.1, 0.15) is 5.56 Å². The van der Waals surface area contributed by atoms with Crippen LogP contribution in [0.5, 0.6) is 5.75 Å². The molecule has 3 aromatic rings. The van der Waals surface area contributed by atoms with Crippen LogP contribution < -0.4 is 15.2 Å². The van der Waals surface area contributed by atoms with Crippen molar-refractivity contribution in [3.63, 3.8) is 0 Å². The number of H-pyrrole nitrogens is 1. The number of aromatic amines is 1. The van der Waals surface area contributed by atoms with E-state index in [4.69, 9.17) is 10.5 Å². The highest BCUT2D eigenvalue weighted by Gasteiger charge is 2.17. The number of hydrogen-bond acceptors (Lipinski definition) is 4. The van der Waals surface area contributed by atoms with Gasteiger partial charge in [0.25, 0.3) is 10.0 Å². The molecule has 0 bridgehead atoms. The molecule has 7 nitrogen and oxygen atoms in total. The number of nitrogens with zero attached hydrogens (tertiary/aromatic N) is 1. The Balaban J connectivity index is 1.66. The third-order valence-corrected chi connectivity index (χ3v) is 5.36. The van der Waals surface area contributed by atoms with Crippen LogP contribution in [0.4, 0.5) is 4.39 Å². The van der Waals surface area contributed by atoms with Gasteiger partial charge in [-0.15, -0.1) is 0 Å². The van der Waals surface area contributed by atoms with Crippen LogP contribution in [0.25, 0.3) is 10.9 Å². The lowest BCUT2D eigenvalue weighted by Gasteiger charge is -2.09. The van der Waals surface area contributed by atoms with E-state index in [0.29, 0.717) is 13.0 Å². The fourth-order valence-electron chi connectivity index (χ4n) is 2.68. The summed E-state index contributed by atoms with van der Waals surface area (Å²) in [6, 6.07) is 11.2. The number of hydrogen-bond donors (Lipinski definition) is 3. The first-order valence-electron chi connectivity index (χ1n) is 8.12. The minimum Gasteiger partial charge on any atom is -0.494 e. The van der Waals surface area contributed by atoms with Gasteiger partial charge in [-0.05, 0) is 36.2 Å². The van der Waals surface area contributed by atoms with Crippen molar-refractivity contribution in [2.24, 2.45) is 10.7 Å². The second-order valence-electron chi connectivity index (χ2n) is 5.78. The molecule has 0 aliphatic rings. The van der Waals surface area contributed by atoms with Gasteiger partial charge in [0, 0.05) is 23.6 Å². The Morgan fingerprint density at radius 3 is 2.81 bits per heavy atom. The SMILES string of the molecule is COc1ccc(S(=O)(=O)NC(N)=NCCc2c[nH]c3ccccc23)cc1F. The molecule has 0 aliphatic carbocycles. The summed E-state index contributed by atoms with van der Waals surface area (Å²) in [6.07, 6.45) is 2.48. The molecule has 0 fully saturated rings. The molecule has 0 radical (unpaired) electrons. The van der Waals surface area contributed by atoms with E-state index >= 15 is 0 Å². The Kier molecular flexibility index (Phi) is 5.31. The maximum Gasteiger partial charge on any atom is 0.264 e. The molecule has 0 saturated carbocycles. The van der Waals surface area contributed by atoms with Gasteiger partial charge >= 0.3 is 0 Å². The summed E-state index contributed by atoms with van der Waals surface area (Å²) in [5.41, 5.74) is 7.75. The molecule has 1 aromatic heterocycles. The second kappa shape index (κ2) is 7.67. The quantitative estimate of drug-likeness (QED) is 0.442. The Hall–Kier alpha value is -3.07. The number of guanidine groups is 1. The number of nitrogens with two attached hydrogens (primary N) is 1. The molecule has 2 aromatic carbocycles. The van der Waals surface area contributed by atoms with Crippen LogP contribution in [0.2, 0.25) is 0 Å². The van der Waals surface area contributed by atoms with E-state index in [0.717, 1.165) is 22.5 Å². The first-order valence-corrected chi connectivity index (χ1v) is 9.60.